The molecule has 5 heteroatoms. The molecule has 3 unspecified atom stereocenters. The van der Waals surface area contributed by atoms with Crippen LogP contribution in [0.1, 0.15) is 66.7 Å². The highest BCUT2D eigenvalue weighted by atomic mass is 35.5. The molecule has 1 amide bonds. The maximum atomic E-state index is 13.1. The molecule has 136 valence electrons. The lowest BCUT2D eigenvalue weighted by Crippen LogP contribution is -2.76. The van der Waals surface area contributed by atoms with Crippen molar-refractivity contribution in [3.63, 3.8) is 0 Å². The Morgan fingerprint density at radius 3 is 2.48 bits per heavy atom. The largest absolute Gasteiger partial charge is 0.378 e. The van der Waals surface area contributed by atoms with E-state index in [0.29, 0.717) is 13.0 Å². The number of ether oxygens (including phenoxy) is 1. The fourth-order valence-electron chi connectivity index (χ4n) is 4.38. The van der Waals surface area contributed by atoms with Gasteiger partial charge in [-0.25, -0.2) is 0 Å². The third-order valence-corrected chi connectivity index (χ3v) is 6.13. The summed E-state index contributed by atoms with van der Waals surface area (Å²) in [4.78, 5) is 15.1. The van der Waals surface area contributed by atoms with E-state index in [1.54, 1.807) is 0 Å². The van der Waals surface area contributed by atoms with Crippen LogP contribution in [-0.4, -0.2) is 42.1 Å². The molecule has 1 aliphatic heterocycles. The Morgan fingerprint density at radius 2 is 1.96 bits per heavy atom. The fourth-order valence-corrected chi connectivity index (χ4v) is 4.38. The first-order valence-corrected chi connectivity index (χ1v) is 8.90. The summed E-state index contributed by atoms with van der Waals surface area (Å²) in [5.74, 6) is 0.135. The van der Waals surface area contributed by atoms with Crippen LogP contribution in [0.3, 0.4) is 0 Å². The summed E-state index contributed by atoms with van der Waals surface area (Å²) in [6.45, 7) is 13.1. The second-order valence-corrected chi connectivity index (χ2v) is 8.23. The zero-order chi connectivity index (χ0) is 16.6. The van der Waals surface area contributed by atoms with E-state index in [0.717, 1.165) is 19.5 Å². The first kappa shape index (κ1) is 20.7. The normalized spacial score (nSPS) is 36.1. The number of halogens is 1. The van der Waals surface area contributed by atoms with Gasteiger partial charge in [0.15, 0.2) is 0 Å². The molecule has 1 saturated heterocycles. The predicted octanol–water partition coefficient (Wildman–Crippen LogP) is 3.37. The molecule has 2 N–H and O–H groups in total. The van der Waals surface area contributed by atoms with E-state index in [-0.39, 0.29) is 35.2 Å². The van der Waals surface area contributed by atoms with Gasteiger partial charge in [0, 0.05) is 31.5 Å². The number of likely N-dealkylation sites (tertiary alicyclic amines) is 1. The number of nitrogens with two attached hydrogens (primary N) is 1. The minimum Gasteiger partial charge on any atom is -0.378 e. The maximum Gasteiger partial charge on any atom is 0.243 e. The summed E-state index contributed by atoms with van der Waals surface area (Å²) < 4.78 is 5.75. The van der Waals surface area contributed by atoms with Gasteiger partial charge in [-0.2, -0.15) is 0 Å². The molecule has 4 nitrogen and oxygen atoms in total. The minimum absolute atomic E-state index is 0. The lowest BCUT2D eigenvalue weighted by molar-refractivity contribution is -0.181. The number of rotatable bonds is 5. The van der Waals surface area contributed by atoms with Crippen molar-refractivity contribution in [1.29, 1.82) is 0 Å². The van der Waals surface area contributed by atoms with Crippen molar-refractivity contribution in [1.82, 2.24) is 4.90 Å². The molecule has 23 heavy (non-hydrogen) atoms. The van der Waals surface area contributed by atoms with Gasteiger partial charge in [-0.1, -0.05) is 34.1 Å². The molecule has 1 aliphatic carbocycles. The quantitative estimate of drug-likeness (QED) is 0.830. The van der Waals surface area contributed by atoms with Crippen LogP contribution < -0.4 is 5.73 Å². The van der Waals surface area contributed by atoms with Gasteiger partial charge < -0.3 is 15.4 Å². The SMILES string of the molecule is CCCC1(C)CCCN(C(=O)C2(N)CC(OCC)C2(C)C)C1.Cl. The molecule has 2 aliphatic rings. The van der Waals surface area contributed by atoms with Gasteiger partial charge in [-0.3, -0.25) is 4.79 Å². The van der Waals surface area contributed by atoms with Gasteiger partial charge in [0.05, 0.1) is 6.10 Å². The Labute approximate surface area is 147 Å². The van der Waals surface area contributed by atoms with Crippen molar-refractivity contribution in [3.05, 3.63) is 0 Å². The molecule has 1 saturated carbocycles. The van der Waals surface area contributed by atoms with Crippen molar-refractivity contribution in [3.8, 4) is 0 Å². The number of hydrogen-bond acceptors (Lipinski definition) is 3. The van der Waals surface area contributed by atoms with Crippen molar-refractivity contribution < 1.29 is 9.53 Å². The first-order chi connectivity index (χ1) is 10.2. The number of nitrogens with zero attached hydrogens (tertiary/aromatic N) is 1. The van der Waals surface area contributed by atoms with Gasteiger partial charge in [-0.15, -0.1) is 12.4 Å². The van der Waals surface area contributed by atoms with Crippen molar-refractivity contribution in [2.24, 2.45) is 16.6 Å². The van der Waals surface area contributed by atoms with Crippen LogP contribution in [0.5, 0.6) is 0 Å². The van der Waals surface area contributed by atoms with Crippen molar-refractivity contribution >= 4 is 18.3 Å². The molecule has 0 bridgehead atoms. The van der Waals surface area contributed by atoms with Gasteiger partial charge in [0.25, 0.3) is 0 Å². The van der Waals surface area contributed by atoms with Gasteiger partial charge in [0.1, 0.15) is 5.54 Å². The molecular formula is C18H35ClN2O2. The highest BCUT2D eigenvalue weighted by Crippen LogP contribution is 2.51. The Bertz CT molecular complexity index is 425. The summed E-state index contributed by atoms with van der Waals surface area (Å²) in [5.41, 5.74) is 5.76. The van der Waals surface area contributed by atoms with E-state index < -0.39 is 5.54 Å². The molecule has 0 aromatic carbocycles. The molecule has 1 heterocycles. The Hall–Kier alpha value is -0.320. The minimum atomic E-state index is -0.767. The first-order valence-electron chi connectivity index (χ1n) is 8.90. The lowest BCUT2D eigenvalue weighted by Gasteiger charge is -2.59. The Morgan fingerprint density at radius 1 is 1.30 bits per heavy atom. The number of hydrogen-bond donors (Lipinski definition) is 1. The molecule has 0 radical (unpaired) electrons. The zero-order valence-corrected chi connectivity index (χ0v) is 16.3. The Kier molecular flexibility index (Phi) is 6.56. The van der Waals surface area contributed by atoms with Crippen LogP contribution in [0.25, 0.3) is 0 Å². The molecule has 3 atom stereocenters. The molecular weight excluding hydrogens is 312 g/mol. The van der Waals surface area contributed by atoms with Crippen molar-refractivity contribution in [2.75, 3.05) is 19.7 Å². The summed E-state index contributed by atoms with van der Waals surface area (Å²) in [7, 11) is 0. The predicted molar refractivity (Wildman–Crippen MR) is 96.8 cm³/mol. The molecule has 0 aromatic rings. The van der Waals surface area contributed by atoms with Gasteiger partial charge >= 0.3 is 0 Å². The van der Waals surface area contributed by atoms with Gasteiger partial charge in [-0.05, 0) is 31.6 Å². The summed E-state index contributed by atoms with van der Waals surface area (Å²) in [6, 6.07) is 0. The van der Waals surface area contributed by atoms with Crippen molar-refractivity contribution in [2.45, 2.75) is 78.4 Å². The fraction of sp³-hybridized carbons (Fsp3) is 0.944. The number of amides is 1. The molecule has 0 aromatic heterocycles. The van der Waals surface area contributed by atoms with Crippen LogP contribution in [0.4, 0.5) is 0 Å². The second kappa shape index (κ2) is 7.28. The average Bonchev–Trinajstić information content (AvgIpc) is 2.46. The van der Waals surface area contributed by atoms with E-state index in [4.69, 9.17) is 10.5 Å². The topological polar surface area (TPSA) is 55.6 Å². The summed E-state index contributed by atoms with van der Waals surface area (Å²) in [6.07, 6.45) is 5.40. The molecule has 2 fully saturated rings. The molecule has 2 rings (SSSR count). The lowest BCUT2D eigenvalue weighted by atomic mass is 9.54. The van der Waals surface area contributed by atoms with Crippen LogP contribution >= 0.6 is 12.4 Å². The maximum absolute atomic E-state index is 13.1. The Balaban J connectivity index is 0.00000264. The smallest absolute Gasteiger partial charge is 0.243 e. The van der Waals surface area contributed by atoms with Gasteiger partial charge in [0.2, 0.25) is 5.91 Å². The standard InChI is InChI=1S/C18H34N2O2.ClH/c1-6-9-17(5)10-8-11-20(13-17)15(21)18(19)12-14(22-7-2)16(18,3)4;/h14H,6-13,19H2,1-5H3;1H. The highest BCUT2D eigenvalue weighted by molar-refractivity contribution is 5.89. The zero-order valence-electron chi connectivity index (χ0n) is 15.5. The van der Waals surface area contributed by atoms with E-state index in [9.17, 15) is 4.79 Å². The van der Waals surface area contributed by atoms with E-state index in [1.165, 1.54) is 19.3 Å². The summed E-state index contributed by atoms with van der Waals surface area (Å²) >= 11 is 0. The molecule has 0 spiro atoms. The average molecular weight is 347 g/mol. The monoisotopic (exact) mass is 346 g/mol. The van der Waals surface area contributed by atoms with E-state index in [1.807, 2.05) is 11.8 Å². The van der Waals surface area contributed by atoms with Crippen LogP contribution in [0.15, 0.2) is 0 Å². The summed E-state index contributed by atoms with van der Waals surface area (Å²) in [5, 5.41) is 0. The number of carbonyl (C=O) groups is 1. The van der Waals surface area contributed by atoms with Crippen LogP contribution in [0.2, 0.25) is 0 Å². The second-order valence-electron chi connectivity index (χ2n) is 8.23. The number of carbonyl (C=O) groups excluding carboxylic acids is 1. The highest BCUT2D eigenvalue weighted by Gasteiger charge is 2.64. The third-order valence-electron chi connectivity index (χ3n) is 6.13. The number of piperidine rings is 1. The van der Waals surface area contributed by atoms with Crippen LogP contribution in [-0.2, 0) is 9.53 Å². The third kappa shape index (κ3) is 3.54. The van der Waals surface area contributed by atoms with E-state index >= 15 is 0 Å². The van der Waals surface area contributed by atoms with Crippen LogP contribution in [0, 0.1) is 10.8 Å². The van der Waals surface area contributed by atoms with E-state index in [2.05, 4.69) is 27.7 Å².